The predicted molar refractivity (Wildman–Crippen MR) is 67.8 cm³/mol. The summed E-state index contributed by atoms with van der Waals surface area (Å²) in [5.74, 6) is -3.00. The van der Waals surface area contributed by atoms with Crippen molar-refractivity contribution < 1.29 is 33.5 Å². The largest absolute Gasteiger partial charge is 0.497 e. The summed E-state index contributed by atoms with van der Waals surface area (Å²) in [7, 11) is 4.18. The molecule has 0 radical (unpaired) electrons. The van der Waals surface area contributed by atoms with Crippen LogP contribution >= 0.6 is 0 Å². The molecule has 112 valence electrons. The van der Waals surface area contributed by atoms with E-state index in [0.717, 1.165) is 0 Å². The minimum absolute atomic E-state index is 0.0922. The van der Waals surface area contributed by atoms with E-state index in [9.17, 15) is 4.79 Å². The van der Waals surface area contributed by atoms with Gasteiger partial charge in [0.1, 0.15) is 11.3 Å². The number of benzene rings is 1. The summed E-state index contributed by atoms with van der Waals surface area (Å²) in [5.41, 5.74) is 0.718. The van der Waals surface area contributed by atoms with E-state index in [1.807, 2.05) is 0 Å². The Bertz CT molecular complexity index is 594. The summed E-state index contributed by atoms with van der Waals surface area (Å²) < 4.78 is 20.7. The first-order valence-corrected chi connectivity index (χ1v) is 6.17. The van der Waals surface area contributed by atoms with Crippen LogP contribution in [0.1, 0.15) is 5.56 Å². The van der Waals surface area contributed by atoms with Crippen molar-refractivity contribution in [2.75, 3.05) is 21.3 Å². The highest BCUT2D eigenvalue weighted by Gasteiger charge is 2.64. The molecule has 0 unspecified atom stereocenters. The second-order valence-electron chi connectivity index (χ2n) is 4.47. The molecule has 2 atom stereocenters. The molecule has 0 amide bonds. The lowest BCUT2D eigenvalue weighted by Crippen LogP contribution is -2.36. The number of carbonyl (C=O) groups is 1. The highest BCUT2D eigenvalue weighted by atomic mass is 17.3. The lowest BCUT2D eigenvalue weighted by molar-refractivity contribution is -0.399. The highest BCUT2D eigenvalue weighted by molar-refractivity contribution is 5.91. The molecule has 3 rings (SSSR count). The molecule has 1 aromatic rings. The van der Waals surface area contributed by atoms with E-state index in [2.05, 4.69) is 0 Å². The molecule has 1 aromatic carbocycles. The van der Waals surface area contributed by atoms with Crippen LogP contribution in [0.3, 0.4) is 0 Å². The zero-order chi connectivity index (χ0) is 15.1. The lowest BCUT2D eigenvalue weighted by Gasteiger charge is -2.20. The van der Waals surface area contributed by atoms with Gasteiger partial charge in [0.2, 0.25) is 0 Å². The fourth-order valence-electron chi connectivity index (χ4n) is 2.28. The average molecular weight is 294 g/mol. The number of methoxy groups -OCH3 is 3. The Hall–Kier alpha value is -1.93. The SMILES string of the molecule is COC(=O)C1=C[C@@]2(c3ccc(OC)cc3)OO[C@]1(OC)O2. The van der Waals surface area contributed by atoms with Crippen molar-refractivity contribution in [2.24, 2.45) is 0 Å². The first-order valence-electron chi connectivity index (χ1n) is 6.17. The average Bonchev–Trinajstić information content (AvgIpc) is 3.09. The number of hydrogen-bond acceptors (Lipinski definition) is 7. The zero-order valence-electron chi connectivity index (χ0n) is 11.7. The van der Waals surface area contributed by atoms with Crippen molar-refractivity contribution in [1.82, 2.24) is 0 Å². The van der Waals surface area contributed by atoms with E-state index in [1.165, 1.54) is 20.3 Å². The fraction of sp³-hybridized carbons (Fsp3) is 0.357. The third kappa shape index (κ3) is 1.94. The summed E-state index contributed by atoms with van der Waals surface area (Å²) >= 11 is 0. The monoisotopic (exact) mass is 294 g/mol. The van der Waals surface area contributed by atoms with Gasteiger partial charge < -0.3 is 14.2 Å². The quantitative estimate of drug-likeness (QED) is 0.611. The van der Waals surface area contributed by atoms with Crippen molar-refractivity contribution >= 4 is 5.97 Å². The van der Waals surface area contributed by atoms with Gasteiger partial charge in [0, 0.05) is 18.7 Å². The zero-order valence-corrected chi connectivity index (χ0v) is 11.7. The molecule has 7 nitrogen and oxygen atoms in total. The molecule has 2 heterocycles. The maximum Gasteiger partial charge on any atom is 0.350 e. The smallest absolute Gasteiger partial charge is 0.350 e. The van der Waals surface area contributed by atoms with Gasteiger partial charge in [-0.25, -0.2) is 4.79 Å². The Morgan fingerprint density at radius 1 is 1.10 bits per heavy atom. The Morgan fingerprint density at radius 3 is 2.38 bits per heavy atom. The number of ether oxygens (including phenoxy) is 4. The molecule has 0 saturated carbocycles. The number of esters is 1. The third-order valence-corrected chi connectivity index (χ3v) is 3.39. The number of hydrogen-bond donors (Lipinski definition) is 0. The van der Waals surface area contributed by atoms with Gasteiger partial charge in [0.25, 0.3) is 5.79 Å². The van der Waals surface area contributed by atoms with E-state index < -0.39 is 17.7 Å². The molecular weight excluding hydrogens is 280 g/mol. The van der Waals surface area contributed by atoms with Crippen molar-refractivity contribution in [1.29, 1.82) is 0 Å². The second kappa shape index (κ2) is 4.81. The van der Waals surface area contributed by atoms with E-state index in [0.29, 0.717) is 11.3 Å². The summed E-state index contributed by atoms with van der Waals surface area (Å²) in [6.45, 7) is 0. The normalized spacial score (nSPS) is 30.1. The van der Waals surface area contributed by atoms with Crippen LogP contribution < -0.4 is 4.74 Å². The van der Waals surface area contributed by atoms with Gasteiger partial charge in [0.15, 0.2) is 0 Å². The minimum atomic E-state index is -1.72. The van der Waals surface area contributed by atoms with E-state index in [-0.39, 0.29) is 5.57 Å². The molecule has 0 aromatic heterocycles. The Morgan fingerprint density at radius 2 is 1.81 bits per heavy atom. The maximum atomic E-state index is 11.8. The van der Waals surface area contributed by atoms with E-state index in [4.69, 9.17) is 28.7 Å². The van der Waals surface area contributed by atoms with E-state index in [1.54, 1.807) is 31.4 Å². The third-order valence-electron chi connectivity index (χ3n) is 3.39. The molecule has 2 bridgehead atoms. The van der Waals surface area contributed by atoms with Crippen LogP contribution in [0.2, 0.25) is 0 Å². The van der Waals surface area contributed by atoms with Crippen LogP contribution in [-0.2, 0) is 34.6 Å². The molecule has 2 aliphatic rings. The summed E-state index contributed by atoms with van der Waals surface area (Å²) in [6.07, 6.45) is 1.48. The van der Waals surface area contributed by atoms with Crippen molar-refractivity contribution in [3.8, 4) is 5.75 Å². The second-order valence-corrected chi connectivity index (χ2v) is 4.47. The molecule has 0 spiro atoms. The maximum absolute atomic E-state index is 11.8. The first-order chi connectivity index (χ1) is 10.1. The number of rotatable bonds is 4. The topological polar surface area (TPSA) is 72.5 Å². The van der Waals surface area contributed by atoms with Crippen LogP contribution in [0.15, 0.2) is 35.9 Å². The van der Waals surface area contributed by atoms with Crippen LogP contribution in [0.4, 0.5) is 0 Å². The number of carbonyl (C=O) groups excluding carboxylic acids is 1. The van der Waals surface area contributed by atoms with Crippen molar-refractivity contribution in [3.63, 3.8) is 0 Å². The van der Waals surface area contributed by atoms with Crippen molar-refractivity contribution in [2.45, 2.75) is 11.8 Å². The first kappa shape index (κ1) is 14.0. The van der Waals surface area contributed by atoms with Gasteiger partial charge in [0.05, 0.1) is 14.2 Å². The van der Waals surface area contributed by atoms with Gasteiger partial charge in [-0.1, -0.05) is 0 Å². The van der Waals surface area contributed by atoms with Crippen LogP contribution in [0.25, 0.3) is 0 Å². The van der Waals surface area contributed by atoms with Gasteiger partial charge >= 0.3 is 11.9 Å². The molecular formula is C14H14O7. The Balaban J connectivity index is 2.02. The molecule has 7 heteroatoms. The number of fused-ring (bicyclic) bond motifs is 2. The van der Waals surface area contributed by atoms with Crippen LogP contribution in [0.5, 0.6) is 5.75 Å². The molecule has 2 aliphatic heterocycles. The summed E-state index contributed by atoms with van der Waals surface area (Å²) in [4.78, 5) is 22.2. The van der Waals surface area contributed by atoms with Crippen molar-refractivity contribution in [3.05, 3.63) is 41.5 Å². The molecule has 1 saturated heterocycles. The summed E-state index contributed by atoms with van der Waals surface area (Å²) in [6, 6.07) is 6.97. The van der Waals surface area contributed by atoms with Crippen LogP contribution in [-0.4, -0.2) is 33.3 Å². The minimum Gasteiger partial charge on any atom is -0.497 e. The van der Waals surface area contributed by atoms with Gasteiger partial charge in [-0.05, 0) is 24.3 Å². The fourth-order valence-corrected chi connectivity index (χ4v) is 2.28. The lowest BCUT2D eigenvalue weighted by atomic mass is 10.0. The Kier molecular flexibility index (Phi) is 3.22. The predicted octanol–water partition coefficient (Wildman–Crippen LogP) is 1.24. The Labute approximate surface area is 120 Å². The molecule has 1 fully saturated rings. The molecule has 21 heavy (non-hydrogen) atoms. The molecule has 0 N–H and O–H groups in total. The van der Waals surface area contributed by atoms with Crippen LogP contribution in [0, 0.1) is 0 Å². The standard InChI is InChI=1S/C14H14O7/c1-16-10-6-4-9(5-7-10)13-8-11(12(15)17-2)14(18-3,19-13)21-20-13/h4-8H,1-3H3/t13-,14+/m0/s1. The van der Waals surface area contributed by atoms with E-state index >= 15 is 0 Å². The van der Waals surface area contributed by atoms with Gasteiger partial charge in [-0.2, -0.15) is 9.78 Å². The van der Waals surface area contributed by atoms with Gasteiger partial charge in [-0.3, -0.25) is 4.74 Å². The van der Waals surface area contributed by atoms with Gasteiger partial charge in [-0.15, -0.1) is 0 Å². The summed E-state index contributed by atoms with van der Waals surface area (Å²) in [5, 5.41) is 0. The highest BCUT2D eigenvalue weighted by Crippen LogP contribution is 2.52. The molecule has 0 aliphatic carbocycles.